The lowest BCUT2D eigenvalue weighted by Gasteiger charge is -2.11. The Morgan fingerprint density at radius 3 is 1.37 bits per heavy atom. The summed E-state index contributed by atoms with van der Waals surface area (Å²) in [6.07, 6.45) is 0. The smallest absolute Gasteiger partial charge is 0.238 e. The van der Waals surface area contributed by atoms with E-state index in [4.69, 9.17) is 19.4 Å². The van der Waals surface area contributed by atoms with Gasteiger partial charge in [-0.3, -0.25) is 4.57 Å². The zero-order valence-corrected chi connectivity index (χ0v) is 33.5. The summed E-state index contributed by atoms with van der Waals surface area (Å²) in [7, 11) is 0. The summed E-state index contributed by atoms with van der Waals surface area (Å²) in [5, 5.41) is 4.31. The average molecular weight is 793 g/mol. The van der Waals surface area contributed by atoms with Crippen molar-refractivity contribution in [3.63, 3.8) is 0 Å². The second-order valence-corrected chi connectivity index (χ2v) is 15.6. The average Bonchev–Trinajstić information content (AvgIpc) is 3.91. The quantitative estimate of drug-likeness (QED) is 0.161. The molecule has 0 radical (unpaired) electrons. The fourth-order valence-corrected chi connectivity index (χ4v) is 8.80. The molecule has 3 aromatic heterocycles. The normalized spacial score (nSPS) is 11.5. The molecule has 0 fully saturated rings. The monoisotopic (exact) mass is 792 g/mol. The van der Waals surface area contributed by atoms with E-state index in [1.54, 1.807) is 0 Å². The molecule has 0 atom stereocenters. The first-order valence-electron chi connectivity index (χ1n) is 20.8. The summed E-state index contributed by atoms with van der Waals surface area (Å²) >= 11 is 0. The Morgan fingerprint density at radius 1 is 0.306 bits per heavy atom. The van der Waals surface area contributed by atoms with Gasteiger partial charge in [-0.1, -0.05) is 188 Å². The van der Waals surface area contributed by atoms with Gasteiger partial charge in [-0.25, -0.2) is 4.98 Å². The van der Waals surface area contributed by atoms with Crippen molar-refractivity contribution in [3.05, 3.63) is 218 Å². The largest absolute Gasteiger partial charge is 0.454 e. The number of para-hydroxylation sites is 2. The second-order valence-electron chi connectivity index (χ2n) is 15.6. The fourth-order valence-electron chi connectivity index (χ4n) is 8.80. The predicted molar refractivity (Wildman–Crippen MR) is 254 cm³/mol. The summed E-state index contributed by atoms with van der Waals surface area (Å²) in [4.78, 5) is 15.5. The van der Waals surface area contributed by atoms with Crippen LogP contribution in [0, 0.1) is 0 Å². The number of hydrogen-bond donors (Lipinski definition) is 0. The van der Waals surface area contributed by atoms with Crippen molar-refractivity contribution >= 4 is 43.7 Å². The van der Waals surface area contributed by atoms with Crippen LogP contribution in [0.25, 0.3) is 117 Å². The number of nitrogens with zero attached hydrogens (tertiary/aromatic N) is 4. The van der Waals surface area contributed by atoms with E-state index in [1.165, 1.54) is 33.4 Å². The van der Waals surface area contributed by atoms with E-state index >= 15 is 0 Å². The number of benzene rings is 9. The Hall–Kier alpha value is -8.41. The Kier molecular flexibility index (Phi) is 8.42. The van der Waals surface area contributed by atoms with E-state index in [9.17, 15) is 0 Å². The molecule has 0 bridgehead atoms. The third-order valence-corrected chi connectivity index (χ3v) is 11.9. The molecule has 12 rings (SSSR count). The maximum atomic E-state index is 6.62. The minimum absolute atomic E-state index is 0.528. The van der Waals surface area contributed by atoms with Gasteiger partial charge in [-0.05, 0) is 74.8 Å². The van der Waals surface area contributed by atoms with Crippen molar-refractivity contribution in [1.82, 2.24) is 19.5 Å². The van der Waals surface area contributed by atoms with Crippen LogP contribution in [0.5, 0.6) is 0 Å². The topological polar surface area (TPSA) is 56.7 Å². The highest BCUT2D eigenvalue weighted by atomic mass is 16.3. The molecule has 3 heterocycles. The van der Waals surface area contributed by atoms with E-state index in [0.29, 0.717) is 17.6 Å². The second kappa shape index (κ2) is 14.7. The summed E-state index contributed by atoms with van der Waals surface area (Å²) in [6.45, 7) is 0. The van der Waals surface area contributed by atoms with E-state index in [0.717, 1.165) is 66.0 Å². The van der Waals surface area contributed by atoms with Crippen LogP contribution < -0.4 is 0 Å². The molecule has 0 unspecified atom stereocenters. The molecule has 0 aliphatic carbocycles. The Balaban J connectivity index is 0.909. The number of rotatable bonds is 7. The number of fused-ring (bicyclic) bond motifs is 7. The third kappa shape index (κ3) is 6.14. The van der Waals surface area contributed by atoms with E-state index < -0.39 is 0 Å². The standard InChI is InChI=1S/C57H36N4O/c1-3-13-37(14-4-1)43-17-11-19-45(35-43)46-20-12-18-44(36-46)40-27-25-38(26-28-40)39-29-31-42(32-30-39)56-58-55(41-15-5-2-6-16-41)59-57(60-56)61-51-23-9-7-21-47(51)49-33-34-50-48-22-8-10-24-52(48)62-54(50)53(49)61/h1-36H. The lowest BCUT2D eigenvalue weighted by Crippen LogP contribution is -2.06. The van der Waals surface area contributed by atoms with Crippen molar-refractivity contribution in [3.8, 4) is 73.2 Å². The van der Waals surface area contributed by atoms with Gasteiger partial charge < -0.3 is 4.42 Å². The molecular formula is C57H36N4O. The van der Waals surface area contributed by atoms with Crippen LogP contribution in [-0.2, 0) is 0 Å². The van der Waals surface area contributed by atoms with Gasteiger partial charge in [0.2, 0.25) is 5.95 Å². The van der Waals surface area contributed by atoms with Crippen molar-refractivity contribution in [2.24, 2.45) is 0 Å². The SMILES string of the molecule is c1ccc(-c2cccc(-c3cccc(-c4ccc(-c5ccc(-c6nc(-c7ccccc7)nc(-n7c8ccccc8c8ccc9c%10ccccc%10oc9c87)n6)cc5)cc4)c3)c2)cc1. The van der Waals surface area contributed by atoms with Crippen LogP contribution in [0.4, 0.5) is 0 Å². The van der Waals surface area contributed by atoms with Crippen molar-refractivity contribution in [2.45, 2.75) is 0 Å². The van der Waals surface area contributed by atoms with Gasteiger partial charge in [0.25, 0.3) is 0 Å². The number of furan rings is 1. The molecule has 12 aromatic rings. The maximum Gasteiger partial charge on any atom is 0.238 e. The number of hydrogen-bond acceptors (Lipinski definition) is 4. The highest BCUT2D eigenvalue weighted by Crippen LogP contribution is 2.40. The molecule has 0 saturated carbocycles. The van der Waals surface area contributed by atoms with Crippen LogP contribution >= 0.6 is 0 Å². The lowest BCUT2D eigenvalue weighted by molar-refractivity contribution is 0.670. The molecule has 0 aliphatic heterocycles. The zero-order chi connectivity index (χ0) is 41.0. The molecule has 62 heavy (non-hydrogen) atoms. The molecule has 0 saturated heterocycles. The van der Waals surface area contributed by atoms with Gasteiger partial charge in [0, 0.05) is 32.7 Å². The minimum atomic E-state index is 0.528. The molecule has 0 N–H and O–H groups in total. The molecule has 0 spiro atoms. The van der Waals surface area contributed by atoms with E-state index in [-0.39, 0.29) is 0 Å². The summed E-state index contributed by atoms with van der Waals surface area (Å²) in [5.41, 5.74) is 14.8. The predicted octanol–water partition coefficient (Wildman–Crippen LogP) is 14.9. The molecule has 290 valence electrons. The molecule has 0 amide bonds. The Bertz CT molecular complexity index is 3610. The maximum absolute atomic E-state index is 6.62. The third-order valence-electron chi connectivity index (χ3n) is 11.9. The van der Waals surface area contributed by atoms with Crippen molar-refractivity contribution < 1.29 is 4.42 Å². The van der Waals surface area contributed by atoms with E-state index in [1.807, 2.05) is 42.5 Å². The van der Waals surface area contributed by atoms with Crippen LogP contribution in [0.2, 0.25) is 0 Å². The first kappa shape index (κ1) is 35.5. The highest BCUT2D eigenvalue weighted by Gasteiger charge is 2.22. The fraction of sp³-hybridized carbons (Fsp3) is 0. The molecule has 5 heteroatoms. The Labute approximate surface area is 357 Å². The molecule has 5 nitrogen and oxygen atoms in total. The van der Waals surface area contributed by atoms with Crippen LogP contribution in [0.15, 0.2) is 223 Å². The Morgan fingerprint density at radius 2 is 0.742 bits per heavy atom. The minimum Gasteiger partial charge on any atom is -0.454 e. The summed E-state index contributed by atoms with van der Waals surface area (Å²) in [5.74, 6) is 1.72. The van der Waals surface area contributed by atoms with Gasteiger partial charge >= 0.3 is 0 Å². The lowest BCUT2D eigenvalue weighted by atomic mass is 9.95. The van der Waals surface area contributed by atoms with Crippen LogP contribution in [0.3, 0.4) is 0 Å². The highest BCUT2D eigenvalue weighted by molar-refractivity contribution is 6.21. The summed E-state index contributed by atoms with van der Waals surface area (Å²) in [6, 6.07) is 76.4. The molecular weight excluding hydrogens is 757 g/mol. The van der Waals surface area contributed by atoms with Crippen LogP contribution in [0.1, 0.15) is 0 Å². The summed E-state index contributed by atoms with van der Waals surface area (Å²) < 4.78 is 8.76. The van der Waals surface area contributed by atoms with Gasteiger partial charge in [-0.15, -0.1) is 0 Å². The first-order chi connectivity index (χ1) is 30.7. The van der Waals surface area contributed by atoms with Gasteiger partial charge in [0.05, 0.1) is 5.52 Å². The van der Waals surface area contributed by atoms with Gasteiger partial charge in [-0.2, -0.15) is 9.97 Å². The molecule has 0 aliphatic rings. The van der Waals surface area contributed by atoms with Gasteiger partial charge in [0.1, 0.15) is 11.1 Å². The van der Waals surface area contributed by atoms with E-state index in [2.05, 4.69) is 180 Å². The zero-order valence-electron chi connectivity index (χ0n) is 33.5. The number of aromatic nitrogens is 4. The molecule has 9 aromatic carbocycles. The van der Waals surface area contributed by atoms with Crippen LogP contribution in [-0.4, -0.2) is 19.5 Å². The van der Waals surface area contributed by atoms with Crippen molar-refractivity contribution in [2.75, 3.05) is 0 Å². The van der Waals surface area contributed by atoms with Crippen molar-refractivity contribution in [1.29, 1.82) is 0 Å². The van der Waals surface area contributed by atoms with Gasteiger partial charge in [0.15, 0.2) is 17.2 Å². The first-order valence-corrected chi connectivity index (χ1v) is 20.8.